The molecule has 0 radical (unpaired) electrons. The van der Waals surface area contributed by atoms with Gasteiger partial charge in [-0.05, 0) is 42.1 Å². The molecule has 1 aromatic heterocycles. The molecule has 2 aromatic rings. The molecule has 3 rings (SSSR count). The van der Waals surface area contributed by atoms with Crippen molar-refractivity contribution in [2.75, 3.05) is 37.6 Å². The molecule has 6 heteroatoms. The van der Waals surface area contributed by atoms with Gasteiger partial charge in [-0.1, -0.05) is 12.1 Å². The van der Waals surface area contributed by atoms with Crippen molar-refractivity contribution in [3.8, 4) is 6.07 Å². The molecule has 1 saturated heterocycles. The van der Waals surface area contributed by atoms with Gasteiger partial charge in [0.05, 0.1) is 23.2 Å². The molecule has 0 aliphatic carbocycles. The Kier molecular flexibility index (Phi) is 5.91. The van der Waals surface area contributed by atoms with Gasteiger partial charge in [0.15, 0.2) is 5.96 Å². The molecule has 0 amide bonds. The van der Waals surface area contributed by atoms with Crippen LogP contribution in [0.2, 0.25) is 0 Å². The van der Waals surface area contributed by atoms with Crippen molar-refractivity contribution in [2.24, 2.45) is 4.99 Å². The van der Waals surface area contributed by atoms with Gasteiger partial charge in [0.1, 0.15) is 0 Å². The highest BCUT2D eigenvalue weighted by molar-refractivity contribution is 7.14. The van der Waals surface area contributed by atoms with E-state index in [9.17, 15) is 0 Å². The largest absolute Gasteiger partial charge is 0.360 e. The van der Waals surface area contributed by atoms with Crippen LogP contribution in [0.25, 0.3) is 0 Å². The number of nitrogens with one attached hydrogen (secondary N) is 1. The summed E-state index contributed by atoms with van der Waals surface area (Å²) in [5, 5.41) is 15.9. The second kappa shape index (κ2) is 8.54. The fourth-order valence-electron chi connectivity index (χ4n) is 2.92. The van der Waals surface area contributed by atoms with Crippen molar-refractivity contribution in [1.29, 1.82) is 5.26 Å². The molecule has 0 atom stereocenters. The van der Waals surface area contributed by atoms with Crippen LogP contribution >= 0.6 is 11.3 Å². The Hall–Kier alpha value is -2.52. The Morgan fingerprint density at radius 2 is 2.08 bits per heavy atom. The van der Waals surface area contributed by atoms with Gasteiger partial charge < -0.3 is 15.1 Å². The van der Waals surface area contributed by atoms with E-state index in [0.29, 0.717) is 12.1 Å². The molecular formula is C19H23N5S. The summed E-state index contributed by atoms with van der Waals surface area (Å²) < 4.78 is 0. The molecule has 1 aromatic carbocycles. The van der Waals surface area contributed by atoms with E-state index in [0.717, 1.165) is 44.2 Å². The Balaban J connectivity index is 1.63. The van der Waals surface area contributed by atoms with Crippen LogP contribution in [-0.2, 0) is 6.54 Å². The summed E-state index contributed by atoms with van der Waals surface area (Å²) in [7, 11) is 0. The summed E-state index contributed by atoms with van der Waals surface area (Å²) in [6.07, 6.45) is 0. The number of hydrogen-bond acceptors (Lipinski definition) is 4. The van der Waals surface area contributed by atoms with Crippen LogP contribution in [-0.4, -0.2) is 43.6 Å². The number of guanidine groups is 1. The Morgan fingerprint density at radius 3 is 2.76 bits per heavy atom. The van der Waals surface area contributed by atoms with E-state index in [4.69, 9.17) is 10.3 Å². The topological polar surface area (TPSA) is 54.7 Å². The van der Waals surface area contributed by atoms with E-state index < -0.39 is 0 Å². The first-order valence-corrected chi connectivity index (χ1v) is 9.49. The molecular weight excluding hydrogens is 330 g/mol. The Morgan fingerprint density at radius 1 is 1.24 bits per heavy atom. The maximum atomic E-state index is 9.02. The van der Waals surface area contributed by atoms with E-state index >= 15 is 0 Å². The first-order valence-electron chi connectivity index (χ1n) is 8.61. The van der Waals surface area contributed by atoms with Crippen LogP contribution in [0.5, 0.6) is 0 Å². The van der Waals surface area contributed by atoms with Gasteiger partial charge in [0.25, 0.3) is 0 Å². The summed E-state index contributed by atoms with van der Waals surface area (Å²) in [4.78, 5) is 9.53. The lowest BCUT2D eigenvalue weighted by atomic mass is 10.1. The average molecular weight is 353 g/mol. The number of benzene rings is 1. The lowest BCUT2D eigenvalue weighted by Crippen LogP contribution is -2.52. The van der Waals surface area contributed by atoms with Crippen molar-refractivity contribution < 1.29 is 0 Å². The molecule has 2 heterocycles. The maximum absolute atomic E-state index is 9.02. The molecule has 0 spiro atoms. The third-order valence-electron chi connectivity index (χ3n) is 4.20. The lowest BCUT2D eigenvalue weighted by Gasteiger charge is -2.37. The summed E-state index contributed by atoms with van der Waals surface area (Å²) in [6, 6.07) is 14.1. The Bertz CT molecular complexity index is 739. The van der Waals surface area contributed by atoms with Crippen molar-refractivity contribution >= 4 is 22.3 Å². The summed E-state index contributed by atoms with van der Waals surface area (Å²) >= 11 is 1.80. The molecule has 1 N–H and O–H groups in total. The minimum atomic E-state index is 0.586. The quantitative estimate of drug-likeness (QED) is 0.678. The highest BCUT2D eigenvalue weighted by Gasteiger charge is 2.20. The van der Waals surface area contributed by atoms with Crippen LogP contribution in [0.15, 0.2) is 46.8 Å². The number of nitrogens with zero attached hydrogens (tertiary/aromatic N) is 4. The average Bonchev–Trinajstić information content (AvgIpc) is 3.20. The summed E-state index contributed by atoms with van der Waals surface area (Å²) in [5.74, 6) is 0.954. The monoisotopic (exact) mass is 353 g/mol. The second-order valence-corrected chi connectivity index (χ2v) is 6.83. The number of nitriles is 1. The molecule has 1 aliphatic rings. The predicted molar refractivity (Wildman–Crippen MR) is 104 cm³/mol. The van der Waals surface area contributed by atoms with Gasteiger partial charge in [-0.25, -0.2) is 4.99 Å². The number of hydrogen-bond donors (Lipinski definition) is 1. The minimum Gasteiger partial charge on any atom is -0.360 e. The van der Waals surface area contributed by atoms with Gasteiger partial charge in [0.2, 0.25) is 0 Å². The number of anilines is 1. The van der Waals surface area contributed by atoms with Crippen molar-refractivity contribution in [3.05, 3.63) is 52.9 Å². The first kappa shape index (κ1) is 17.3. The van der Waals surface area contributed by atoms with E-state index in [1.54, 1.807) is 11.3 Å². The van der Waals surface area contributed by atoms with Gasteiger partial charge in [0, 0.05) is 32.7 Å². The highest BCUT2D eigenvalue weighted by Crippen LogP contribution is 2.22. The van der Waals surface area contributed by atoms with E-state index in [1.165, 1.54) is 5.00 Å². The zero-order chi connectivity index (χ0) is 17.5. The first-order chi connectivity index (χ1) is 12.3. The molecule has 25 heavy (non-hydrogen) atoms. The van der Waals surface area contributed by atoms with Gasteiger partial charge in [-0.2, -0.15) is 5.26 Å². The van der Waals surface area contributed by atoms with Crippen molar-refractivity contribution in [1.82, 2.24) is 10.2 Å². The van der Waals surface area contributed by atoms with Crippen molar-refractivity contribution in [3.63, 3.8) is 0 Å². The van der Waals surface area contributed by atoms with E-state index in [2.05, 4.69) is 45.6 Å². The molecule has 0 bridgehead atoms. The van der Waals surface area contributed by atoms with E-state index in [1.807, 2.05) is 24.3 Å². The summed E-state index contributed by atoms with van der Waals surface area (Å²) in [5.41, 5.74) is 1.74. The SMILES string of the molecule is CCNC(=NCc1cccc(C#N)c1)N1CCN(c2cccs2)CC1. The van der Waals surface area contributed by atoms with Crippen LogP contribution in [0.3, 0.4) is 0 Å². The molecule has 1 fully saturated rings. The highest BCUT2D eigenvalue weighted by atomic mass is 32.1. The fraction of sp³-hybridized carbons (Fsp3) is 0.368. The third kappa shape index (κ3) is 4.52. The van der Waals surface area contributed by atoms with E-state index in [-0.39, 0.29) is 0 Å². The predicted octanol–water partition coefficient (Wildman–Crippen LogP) is 2.91. The number of piperazine rings is 1. The summed E-state index contributed by atoms with van der Waals surface area (Å²) in [6.45, 7) is 7.46. The molecule has 5 nitrogen and oxygen atoms in total. The zero-order valence-corrected chi connectivity index (χ0v) is 15.3. The second-order valence-electron chi connectivity index (χ2n) is 5.91. The van der Waals surface area contributed by atoms with Crippen LogP contribution in [0.4, 0.5) is 5.00 Å². The zero-order valence-electron chi connectivity index (χ0n) is 14.5. The van der Waals surface area contributed by atoms with Crippen molar-refractivity contribution in [2.45, 2.75) is 13.5 Å². The normalized spacial score (nSPS) is 15.1. The smallest absolute Gasteiger partial charge is 0.194 e. The number of aliphatic imine (C=N–C) groups is 1. The van der Waals surface area contributed by atoms with Gasteiger partial charge in [-0.15, -0.1) is 11.3 Å². The Labute approximate surface area is 153 Å². The molecule has 1 aliphatic heterocycles. The number of rotatable bonds is 4. The third-order valence-corrected chi connectivity index (χ3v) is 5.13. The standard InChI is InChI=1S/C19H23N5S/c1-2-21-19(22-15-17-6-3-5-16(13-17)14-20)24-10-8-23(9-11-24)18-7-4-12-25-18/h3-7,12-13H,2,8-11,15H2,1H3,(H,21,22). The number of thiophene rings is 1. The maximum Gasteiger partial charge on any atom is 0.194 e. The minimum absolute atomic E-state index is 0.586. The van der Waals surface area contributed by atoms with Crippen LogP contribution in [0.1, 0.15) is 18.1 Å². The molecule has 0 unspecified atom stereocenters. The molecule has 0 saturated carbocycles. The lowest BCUT2D eigenvalue weighted by molar-refractivity contribution is 0.373. The molecule has 130 valence electrons. The van der Waals surface area contributed by atoms with Crippen LogP contribution in [0, 0.1) is 11.3 Å². The fourth-order valence-corrected chi connectivity index (χ4v) is 3.71. The van der Waals surface area contributed by atoms with Crippen LogP contribution < -0.4 is 10.2 Å². The van der Waals surface area contributed by atoms with Gasteiger partial charge in [-0.3, -0.25) is 0 Å². The van der Waals surface area contributed by atoms with Gasteiger partial charge >= 0.3 is 0 Å².